The third-order valence-electron chi connectivity index (χ3n) is 3.47. The summed E-state index contributed by atoms with van der Waals surface area (Å²) in [5.41, 5.74) is 0.845. The standard InChI is InChI=1S/C13H14N4O3S/c1-16-7-8(5-15-16)11-14-6-10(21-11)12(18)17-4-2-3-9(17)13(19)20/h5-7,9H,2-4H2,1H3,(H,19,20)/t9-/m1/s1. The lowest BCUT2D eigenvalue weighted by molar-refractivity contribution is -0.141. The average Bonchev–Trinajstić information content (AvgIpc) is 3.17. The number of rotatable bonds is 3. The number of aliphatic carboxylic acids is 1. The number of aryl methyl sites for hydroxylation is 1. The predicted molar refractivity (Wildman–Crippen MR) is 76.0 cm³/mol. The van der Waals surface area contributed by atoms with E-state index in [2.05, 4.69) is 10.1 Å². The van der Waals surface area contributed by atoms with Crippen LogP contribution >= 0.6 is 11.3 Å². The quantitative estimate of drug-likeness (QED) is 0.921. The van der Waals surface area contributed by atoms with Crippen LogP contribution in [-0.4, -0.2) is 49.2 Å². The zero-order valence-electron chi connectivity index (χ0n) is 11.4. The van der Waals surface area contributed by atoms with Crippen LogP contribution in [0.4, 0.5) is 0 Å². The monoisotopic (exact) mass is 306 g/mol. The average molecular weight is 306 g/mol. The second-order valence-corrected chi connectivity index (χ2v) is 5.96. The number of nitrogens with zero attached hydrogens (tertiary/aromatic N) is 4. The number of hydrogen-bond acceptors (Lipinski definition) is 5. The maximum absolute atomic E-state index is 12.4. The Bertz CT molecular complexity index is 693. The molecule has 1 aliphatic heterocycles. The van der Waals surface area contributed by atoms with Crippen LogP contribution in [-0.2, 0) is 11.8 Å². The molecule has 21 heavy (non-hydrogen) atoms. The minimum absolute atomic E-state index is 0.257. The highest BCUT2D eigenvalue weighted by Gasteiger charge is 2.35. The summed E-state index contributed by atoms with van der Waals surface area (Å²) in [5.74, 6) is -1.20. The molecule has 110 valence electrons. The van der Waals surface area contributed by atoms with Crippen LogP contribution in [0.3, 0.4) is 0 Å². The topological polar surface area (TPSA) is 88.3 Å². The van der Waals surface area contributed by atoms with E-state index < -0.39 is 12.0 Å². The third kappa shape index (κ3) is 2.54. The van der Waals surface area contributed by atoms with E-state index in [-0.39, 0.29) is 5.91 Å². The summed E-state index contributed by atoms with van der Waals surface area (Å²) in [6.45, 7) is 0.482. The van der Waals surface area contributed by atoms with Gasteiger partial charge in [-0.3, -0.25) is 9.48 Å². The Kier molecular flexibility index (Phi) is 3.46. The Labute approximate surface area is 124 Å². The van der Waals surface area contributed by atoms with Gasteiger partial charge < -0.3 is 10.0 Å². The fourth-order valence-corrected chi connectivity index (χ4v) is 3.29. The molecule has 2 aromatic rings. The smallest absolute Gasteiger partial charge is 0.326 e. The van der Waals surface area contributed by atoms with Gasteiger partial charge in [0, 0.05) is 25.4 Å². The Morgan fingerprint density at radius 2 is 2.24 bits per heavy atom. The summed E-state index contributed by atoms with van der Waals surface area (Å²) in [7, 11) is 1.81. The van der Waals surface area contributed by atoms with E-state index in [0.29, 0.717) is 22.9 Å². The van der Waals surface area contributed by atoms with Gasteiger partial charge in [0.15, 0.2) is 0 Å². The van der Waals surface area contributed by atoms with Crippen molar-refractivity contribution in [3.8, 4) is 10.6 Å². The van der Waals surface area contributed by atoms with Crippen LogP contribution in [0.2, 0.25) is 0 Å². The van der Waals surface area contributed by atoms with Crippen LogP contribution in [0.15, 0.2) is 18.6 Å². The lowest BCUT2D eigenvalue weighted by atomic mass is 10.2. The van der Waals surface area contributed by atoms with Gasteiger partial charge in [0.05, 0.1) is 12.4 Å². The minimum atomic E-state index is -0.946. The first-order valence-corrected chi connectivity index (χ1v) is 7.36. The molecule has 0 saturated carbocycles. The van der Waals surface area contributed by atoms with Gasteiger partial charge in [-0.2, -0.15) is 5.10 Å². The second-order valence-electron chi connectivity index (χ2n) is 4.93. The maximum Gasteiger partial charge on any atom is 0.326 e. The Balaban J connectivity index is 1.83. The number of thiazole rings is 1. The SMILES string of the molecule is Cn1cc(-c2ncc(C(=O)N3CCC[C@@H]3C(=O)O)s2)cn1. The second kappa shape index (κ2) is 5.28. The predicted octanol–water partition coefficient (Wildman–Crippen LogP) is 1.23. The van der Waals surface area contributed by atoms with Crippen LogP contribution in [0.5, 0.6) is 0 Å². The molecule has 0 unspecified atom stereocenters. The molecule has 1 N–H and O–H groups in total. The Morgan fingerprint density at radius 3 is 2.90 bits per heavy atom. The van der Waals surface area contributed by atoms with Gasteiger partial charge in [-0.15, -0.1) is 11.3 Å². The number of carboxylic acids is 1. The van der Waals surface area contributed by atoms with Crippen LogP contribution in [0, 0.1) is 0 Å². The van der Waals surface area contributed by atoms with E-state index in [0.717, 1.165) is 12.0 Å². The van der Waals surface area contributed by atoms with Gasteiger partial charge in [0.1, 0.15) is 15.9 Å². The summed E-state index contributed by atoms with van der Waals surface area (Å²) in [6.07, 6.45) is 6.24. The van der Waals surface area contributed by atoms with Gasteiger partial charge >= 0.3 is 5.97 Å². The molecule has 1 saturated heterocycles. The van der Waals surface area contributed by atoms with Crippen LogP contribution in [0.1, 0.15) is 22.5 Å². The summed E-state index contributed by atoms with van der Waals surface area (Å²) in [6, 6.07) is -0.721. The molecule has 8 heteroatoms. The normalized spacial score (nSPS) is 18.1. The summed E-state index contributed by atoms with van der Waals surface area (Å²) in [4.78, 5) is 29.7. The molecule has 3 heterocycles. The van der Waals surface area contributed by atoms with Crippen molar-refractivity contribution in [2.75, 3.05) is 6.54 Å². The van der Waals surface area contributed by atoms with Crippen molar-refractivity contribution < 1.29 is 14.7 Å². The van der Waals surface area contributed by atoms with Gasteiger partial charge in [-0.25, -0.2) is 9.78 Å². The van der Waals surface area contributed by atoms with Crippen molar-refractivity contribution in [1.29, 1.82) is 0 Å². The van der Waals surface area contributed by atoms with E-state index in [1.54, 1.807) is 10.9 Å². The molecule has 7 nitrogen and oxygen atoms in total. The van der Waals surface area contributed by atoms with E-state index in [1.807, 2.05) is 13.2 Å². The summed E-state index contributed by atoms with van der Waals surface area (Å²) in [5, 5.41) is 13.9. The lowest BCUT2D eigenvalue weighted by Gasteiger charge is -2.20. The fraction of sp³-hybridized carbons (Fsp3) is 0.385. The van der Waals surface area contributed by atoms with Crippen LogP contribution in [0.25, 0.3) is 10.6 Å². The molecule has 1 aliphatic rings. The molecule has 1 amide bonds. The lowest BCUT2D eigenvalue weighted by Crippen LogP contribution is -2.40. The highest BCUT2D eigenvalue weighted by molar-refractivity contribution is 7.16. The highest BCUT2D eigenvalue weighted by Crippen LogP contribution is 2.27. The molecule has 0 radical (unpaired) electrons. The number of amides is 1. The van der Waals surface area contributed by atoms with Gasteiger partial charge in [-0.1, -0.05) is 0 Å². The zero-order valence-corrected chi connectivity index (χ0v) is 12.2. The first-order chi connectivity index (χ1) is 10.1. The number of hydrogen-bond donors (Lipinski definition) is 1. The molecule has 1 atom stereocenters. The third-order valence-corrected chi connectivity index (χ3v) is 4.50. The molecule has 0 aromatic carbocycles. The van der Waals surface area contributed by atoms with Crippen molar-refractivity contribution >= 4 is 23.2 Å². The molecular weight excluding hydrogens is 292 g/mol. The maximum atomic E-state index is 12.4. The number of carboxylic acid groups (broad SMARTS) is 1. The fourth-order valence-electron chi connectivity index (χ4n) is 2.45. The molecule has 1 fully saturated rings. The molecule has 0 bridgehead atoms. The number of aromatic nitrogens is 3. The zero-order chi connectivity index (χ0) is 15.0. The van der Waals surface area contributed by atoms with Crippen molar-refractivity contribution in [3.63, 3.8) is 0 Å². The van der Waals surface area contributed by atoms with E-state index in [4.69, 9.17) is 5.11 Å². The summed E-state index contributed by atoms with van der Waals surface area (Å²) < 4.78 is 1.67. The van der Waals surface area contributed by atoms with E-state index >= 15 is 0 Å². The van der Waals surface area contributed by atoms with Crippen molar-refractivity contribution in [2.24, 2.45) is 7.05 Å². The summed E-state index contributed by atoms with van der Waals surface area (Å²) >= 11 is 1.26. The van der Waals surface area contributed by atoms with E-state index in [1.165, 1.54) is 22.4 Å². The Hall–Kier alpha value is -2.22. The van der Waals surface area contributed by atoms with Crippen molar-refractivity contribution in [3.05, 3.63) is 23.5 Å². The van der Waals surface area contributed by atoms with Gasteiger partial charge in [0.2, 0.25) is 0 Å². The van der Waals surface area contributed by atoms with E-state index in [9.17, 15) is 9.59 Å². The van der Waals surface area contributed by atoms with Crippen LogP contribution < -0.4 is 0 Å². The van der Waals surface area contributed by atoms with Gasteiger partial charge in [-0.05, 0) is 12.8 Å². The van der Waals surface area contributed by atoms with Gasteiger partial charge in [0.25, 0.3) is 5.91 Å². The molecule has 3 rings (SSSR count). The number of likely N-dealkylation sites (tertiary alicyclic amines) is 1. The Morgan fingerprint density at radius 1 is 1.43 bits per heavy atom. The number of carbonyl (C=O) groups excluding carboxylic acids is 1. The minimum Gasteiger partial charge on any atom is -0.480 e. The van der Waals surface area contributed by atoms with Crippen molar-refractivity contribution in [1.82, 2.24) is 19.7 Å². The first kappa shape index (κ1) is 13.7. The molecule has 0 spiro atoms. The highest BCUT2D eigenvalue weighted by atomic mass is 32.1. The number of carbonyl (C=O) groups is 2. The molecule has 0 aliphatic carbocycles. The molecule has 2 aromatic heterocycles. The first-order valence-electron chi connectivity index (χ1n) is 6.55. The largest absolute Gasteiger partial charge is 0.480 e. The molecular formula is C13H14N4O3S. The van der Waals surface area contributed by atoms with Crippen molar-refractivity contribution in [2.45, 2.75) is 18.9 Å².